The second-order valence-electron chi connectivity index (χ2n) is 5.85. The maximum atomic E-state index is 4.39. The number of H-pyrrole nitrogens is 2. The second-order valence-corrected chi connectivity index (χ2v) is 5.85. The SMILES string of the molecule is Cc1nc(-c2ccc(C)c(NCc3[nH]nc4ccccc34)c2)n[nH]1. The molecule has 0 aliphatic rings. The summed E-state index contributed by atoms with van der Waals surface area (Å²) < 4.78 is 0. The number of nitrogens with one attached hydrogen (secondary N) is 3. The van der Waals surface area contributed by atoms with E-state index in [1.54, 1.807) is 0 Å². The van der Waals surface area contributed by atoms with Crippen molar-refractivity contribution in [3.63, 3.8) is 0 Å². The molecule has 0 saturated heterocycles. The number of nitrogens with zero attached hydrogens (tertiary/aromatic N) is 3. The van der Waals surface area contributed by atoms with Gasteiger partial charge < -0.3 is 5.32 Å². The summed E-state index contributed by atoms with van der Waals surface area (Å²) in [5, 5.41) is 19.2. The molecule has 0 radical (unpaired) electrons. The summed E-state index contributed by atoms with van der Waals surface area (Å²) in [5.74, 6) is 1.52. The molecule has 0 aliphatic heterocycles. The number of hydrogen-bond acceptors (Lipinski definition) is 4. The molecule has 6 nitrogen and oxygen atoms in total. The van der Waals surface area contributed by atoms with Crippen LogP contribution in [-0.2, 0) is 6.54 Å². The molecule has 0 aliphatic carbocycles. The first-order valence-corrected chi connectivity index (χ1v) is 7.86. The van der Waals surface area contributed by atoms with Gasteiger partial charge in [-0.15, -0.1) is 0 Å². The van der Waals surface area contributed by atoms with Crippen LogP contribution in [0.25, 0.3) is 22.3 Å². The van der Waals surface area contributed by atoms with Gasteiger partial charge in [0.25, 0.3) is 0 Å². The smallest absolute Gasteiger partial charge is 0.181 e. The lowest BCUT2D eigenvalue weighted by Gasteiger charge is -2.10. The first-order chi connectivity index (χ1) is 11.7. The molecule has 0 amide bonds. The van der Waals surface area contributed by atoms with Gasteiger partial charge in [-0.05, 0) is 31.5 Å². The summed E-state index contributed by atoms with van der Waals surface area (Å²) in [4.78, 5) is 4.39. The van der Waals surface area contributed by atoms with Crippen molar-refractivity contribution in [1.29, 1.82) is 0 Å². The van der Waals surface area contributed by atoms with E-state index in [0.29, 0.717) is 12.4 Å². The highest BCUT2D eigenvalue weighted by atomic mass is 15.2. The molecule has 0 unspecified atom stereocenters. The highest BCUT2D eigenvalue weighted by Crippen LogP contribution is 2.24. The summed E-state index contributed by atoms with van der Waals surface area (Å²) in [6.07, 6.45) is 0. The average molecular weight is 318 g/mol. The first-order valence-electron chi connectivity index (χ1n) is 7.86. The van der Waals surface area contributed by atoms with E-state index >= 15 is 0 Å². The topological polar surface area (TPSA) is 82.3 Å². The Kier molecular flexibility index (Phi) is 3.49. The van der Waals surface area contributed by atoms with Gasteiger partial charge in [-0.3, -0.25) is 10.2 Å². The zero-order chi connectivity index (χ0) is 16.5. The molecule has 3 N–H and O–H groups in total. The summed E-state index contributed by atoms with van der Waals surface area (Å²) >= 11 is 0. The second kappa shape index (κ2) is 5.81. The zero-order valence-electron chi connectivity index (χ0n) is 13.6. The van der Waals surface area contributed by atoms with Crippen molar-refractivity contribution in [2.24, 2.45) is 0 Å². The van der Waals surface area contributed by atoms with Crippen LogP contribution in [0.1, 0.15) is 17.1 Å². The Labute approximate surface area is 139 Å². The predicted octanol–water partition coefficient (Wildman–Crippen LogP) is 3.58. The molecule has 2 aromatic carbocycles. The normalized spacial score (nSPS) is 11.1. The quantitative estimate of drug-likeness (QED) is 0.537. The van der Waals surface area contributed by atoms with Crippen LogP contribution in [0.5, 0.6) is 0 Å². The molecule has 0 spiro atoms. The van der Waals surface area contributed by atoms with Gasteiger partial charge in [0.2, 0.25) is 0 Å². The number of rotatable bonds is 4. The molecular weight excluding hydrogens is 300 g/mol. The van der Waals surface area contributed by atoms with E-state index in [-0.39, 0.29) is 0 Å². The molecule has 120 valence electrons. The average Bonchev–Trinajstić information content (AvgIpc) is 3.21. The van der Waals surface area contributed by atoms with Crippen LogP contribution < -0.4 is 5.32 Å². The van der Waals surface area contributed by atoms with E-state index in [1.807, 2.05) is 31.2 Å². The van der Waals surface area contributed by atoms with Crippen molar-refractivity contribution in [1.82, 2.24) is 25.4 Å². The van der Waals surface area contributed by atoms with Gasteiger partial charge in [0.15, 0.2) is 5.82 Å². The zero-order valence-corrected chi connectivity index (χ0v) is 13.6. The van der Waals surface area contributed by atoms with Crippen molar-refractivity contribution < 1.29 is 0 Å². The lowest BCUT2D eigenvalue weighted by atomic mass is 10.1. The molecule has 0 atom stereocenters. The number of aryl methyl sites for hydroxylation is 2. The van der Waals surface area contributed by atoms with E-state index in [9.17, 15) is 0 Å². The number of aromatic amines is 2. The Bertz CT molecular complexity index is 998. The molecule has 24 heavy (non-hydrogen) atoms. The van der Waals surface area contributed by atoms with E-state index in [4.69, 9.17) is 0 Å². The van der Waals surface area contributed by atoms with Crippen LogP contribution in [0.15, 0.2) is 42.5 Å². The minimum atomic E-state index is 0.678. The Hall–Kier alpha value is -3.15. The number of benzene rings is 2. The lowest BCUT2D eigenvalue weighted by molar-refractivity contribution is 0.993. The van der Waals surface area contributed by atoms with E-state index in [1.165, 1.54) is 5.56 Å². The van der Waals surface area contributed by atoms with Gasteiger partial charge in [0.1, 0.15) is 5.82 Å². The highest BCUT2D eigenvalue weighted by molar-refractivity contribution is 5.81. The van der Waals surface area contributed by atoms with Crippen molar-refractivity contribution in [3.05, 3.63) is 59.5 Å². The van der Waals surface area contributed by atoms with Crippen LogP contribution in [0, 0.1) is 13.8 Å². The Morgan fingerprint density at radius 3 is 2.71 bits per heavy atom. The number of para-hydroxylation sites is 1. The van der Waals surface area contributed by atoms with Crippen LogP contribution >= 0.6 is 0 Å². The summed E-state index contributed by atoms with van der Waals surface area (Å²) in [5.41, 5.74) is 5.28. The van der Waals surface area contributed by atoms with E-state index in [2.05, 4.69) is 55.8 Å². The Balaban J connectivity index is 1.60. The van der Waals surface area contributed by atoms with Crippen molar-refractivity contribution >= 4 is 16.6 Å². The molecule has 4 rings (SSSR count). The Morgan fingerprint density at radius 1 is 1.00 bits per heavy atom. The third-order valence-electron chi connectivity index (χ3n) is 4.09. The first kappa shape index (κ1) is 14.4. The third kappa shape index (κ3) is 2.62. The van der Waals surface area contributed by atoms with Crippen molar-refractivity contribution in [3.8, 4) is 11.4 Å². The minimum absolute atomic E-state index is 0.678. The van der Waals surface area contributed by atoms with Crippen molar-refractivity contribution in [2.75, 3.05) is 5.32 Å². The molecule has 4 aromatic rings. The van der Waals surface area contributed by atoms with Crippen LogP contribution in [0.4, 0.5) is 5.69 Å². The predicted molar refractivity (Wildman–Crippen MR) is 94.7 cm³/mol. The maximum Gasteiger partial charge on any atom is 0.181 e. The third-order valence-corrected chi connectivity index (χ3v) is 4.09. The fourth-order valence-electron chi connectivity index (χ4n) is 2.76. The fraction of sp³-hybridized carbons (Fsp3) is 0.167. The molecule has 0 saturated carbocycles. The molecule has 2 heterocycles. The largest absolute Gasteiger partial charge is 0.379 e. The van der Waals surface area contributed by atoms with Gasteiger partial charge in [-0.25, -0.2) is 4.98 Å². The number of aromatic nitrogens is 5. The summed E-state index contributed by atoms with van der Waals surface area (Å²) in [6.45, 7) is 4.66. The van der Waals surface area contributed by atoms with Gasteiger partial charge in [0.05, 0.1) is 17.8 Å². The molecule has 2 aromatic heterocycles. The highest BCUT2D eigenvalue weighted by Gasteiger charge is 2.08. The standard InChI is InChI=1S/C18H18N6/c1-11-7-8-13(18-20-12(2)21-24-18)9-16(11)19-10-17-14-5-3-4-6-15(14)22-23-17/h3-9,19H,10H2,1-2H3,(H,22,23)(H,20,21,24). The molecular formula is C18H18N6. The molecule has 6 heteroatoms. The van der Waals surface area contributed by atoms with Gasteiger partial charge in [-0.1, -0.05) is 30.3 Å². The summed E-state index contributed by atoms with van der Waals surface area (Å²) in [7, 11) is 0. The van der Waals surface area contributed by atoms with E-state index in [0.717, 1.165) is 33.7 Å². The number of hydrogen-bond donors (Lipinski definition) is 3. The number of anilines is 1. The number of fused-ring (bicyclic) bond motifs is 1. The molecule has 0 bridgehead atoms. The lowest BCUT2D eigenvalue weighted by Crippen LogP contribution is -2.02. The van der Waals surface area contributed by atoms with E-state index < -0.39 is 0 Å². The Morgan fingerprint density at radius 2 is 1.88 bits per heavy atom. The van der Waals surface area contributed by atoms with Crippen LogP contribution in [0.3, 0.4) is 0 Å². The van der Waals surface area contributed by atoms with Gasteiger partial charge in [0, 0.05) is 16.6 Å². The maximum absolute atomic E-state index is 4.39. The molecule has 0 fully saturated rings. The fourth-order valence-corrected chi connectivity index (χ4v) is 2.76. The summed E-state index contributed by atoms with van der Waals surface area (Å²) in [6, 6.07) is 14.3. The van der Waals surface area contributed by atoms with Gasteiger partial charge in [-0.2, -0.15) is 10.2 Å². The minimum Gasteiger partial charge on any atom is -0.379 e. The van der Waals surface area contributed by atoms with Crippen LogP contribution in [0.2, 0.25) is 0 Å². The van der Waals surface area contributed by atoms with Crippen molar-refractivity contribution in [2.45, 2.75) is 20.4 Å². The monoisotopic (exact) mass is 318 g/mol. The van der Waals surface area contributed by atoms with Crippen LogP contribution in [-0.4, -0.2) is 25.4 Å². The van der Waals surface area contributed by atoms with Gasteiger partial charge >= 0.3 is 0 Å².